The number of para-hydroxylation sites is 1. The maximum absolute atomic E-state index is 12.5. The molecule has 2 rings (SSSR count). The molecule has 0 spiro atoms. The van der Waals surface area contributed by atoms with Crippen LogP contribution in [-0.2, 0) is 6.42 Å². The molecule has 2 amide bonds. The SMILES string of the molecule is CCc1cccc(C)c1NC(=O)c1ccc(C(=O)NCC(C)C)cc1. The first-order chi connectivity index (χ1) is 11.9. The van der Waals surface area contributed by atoms with Crippen molar-refractivity contribution in [1.29, 1.82) is 0 Å². The largest absolute Gasteiger partial charge is 0.352 e. The van der Waals surface area contributed by atoms with Crippen LogP contribution in [0.4, 0.5) is 5.69 Å². The lowest BCUT2D eigenvalue weighted by molar-refractivity contribution is 0.0947. The van der Waals surface area contributed by atoms with Crippen molar-refractivity contribution in [3.05, 3.63) is 64.7 Å². The van der Waals surface area contributed by atoms with Gasteiger partial charge in [0.2, 0.25) is 0 Å². The lowest BCUT2D eigenvalue weighted by Gasteiger charge is -2.13. The van der Waals surface area contributed by atoms with E-state index in [1.807, 2.05) is 39.0 Å². The predicted octanol–water partition coefficient (Wildman–Crippen LogP) is 4.20. The minimum absolute atomic E-state index is 0.118. The van der Waals surface area contributed by atoms with Gasteiger partial charge in [0.15, 0.2) is 0 Å². The van der Waals surface area contributed by atoms with Crippen molar-refractivity contribution in [2.24, 2.45) is 5.92 Å². The molecule has 2 N–H and O–H groups in total. The molecule has 4 nitrogen and oxygen atoms in total. The van der Waals surface area contributed by atoms with Crippen LogP contribution in [0.15, 0.2) is 42.5 Å². The normalized spacial score (nSPS) is 10.6. The van der Waals surface area contributed by atoms with Crippen LogP contribution in [0.5, 0.6) is 0 Å². The average Bonchev–Trinajstić information content (AvgIpc) is 2.61. The molecule has 0 heterocycles. The van der Waals surface area contributed by atoms with Gasteiger partial charge in [-0.1, -0.05) is 39.0 Å². The van der Waals surface area contributed by atoms with Gasteiger partial charge < -0.3 is 10.6 Å². The minimum Gasteiger partial charge on any atom is -0.352 e. The summed E-state index contributed by atoms with van der Waals surface area (Å²) in [6.45, 7) is 8.77. The summed E-state index contributed by atoms with van der Waals surface area (Å²) in [5.74, 6) is 0.113. The maximum Gasteiger partial charge on any atom is 0.255 e. The lowest BCUT2D eigenvalue weighted by Crippen LogP contribution is -2.27. The quantitative estimate of drug-likeness (QED) is 0.829. The van der Waals surface area contributed by atoms with Crippen LogP contribution >= 0.6 is 0 Å². The van der Waals surface area contributed by atoms with E-state index in [0.29, 0.717) is 23.6 Å². The zero-order valence-corrected chi connectivity index (χ0v) is 15.3. The van der Waals surface area contributed by atoms with Crippen LogP contribution in [0.3, 0.4) is 0 Å². The van der Waals surface area contributed by atoms with E-state index in [1.54, 1.807) is 24.3 Å². The molecule has 0 saturated heterocycles. The van der Waals surface area contributed by atoms with E-state index in [9.17, 15) is 9.59 Å². The van der Waals surface area contributed by atoms with Gasteiger partial charge in [-0.05, 0) is 54.7 Å². The van der Waals surface area contributed by atoms with E-state index in [1.165, 1.54) is 0 Å². The van der Waals surface area contributed by atoms with Crippen LogP contribution in [0.25, 0.3) is 0 Å². The number of anilines is 1. The molecule has 132 valence electrons. The van der Waals surface area contributed by atoms with Gasteiger partial charge in [-0.2, -0.15) is 0 Å². The summed E-state index contributed by atoms with van der Waals surface area (Å²) in [7, 11) is 0. The van der Waals surface area contributed by atoms with Crippen molar-refractivity contribution in [3.63, 3.8) is 0 Å². The highest BCUT2D eigenvalue weighted by molar-refractivity contribution is 6.05. The number of hydrogen-bond acceptors (Lipinski definition) is 2. The third kappa shape index (κ3) is 4.92. The third-order valence-corrected chi connectivity index (χ3v) is 4.06. The van der Waals surface area contributed by atoms with Crippen LogP contribution in [0.2, 0.25) is 0 Å². The fraction of sp³-hybridized carbons (Fsp3) is 0.333. The zero-order valence-electron chi connectivity index (χ0n) is 15.3. The second kappa shape index (κ2) is 8.47. The van der Waals surface area contributed by atoms with Gasteiger partial charge in [0.05, 0.1) is 0 Å². The highest BCUT2D eigenvalue weighted by Gasteiger charge is 2.12. The molecule has 0 aliphatic heterocycles. The van der Waals surface area contributed by atoms with Crippen LogP contribution in [0.1, 0.15) is 52.6 Å². The summed E-state index contributed by atoms with van der Waals surface area (Å²) >= 11 is 0. The maximum atomic E-state index is 12.5. The fourth-order valence-electron chi connectivity index (χ4n) is 2.56. The molecule has 0 saturated carbocycles. The van der Waals surface area contributed by atoms with Gasteiger partial charge in [-0.25, -0.2) is 0 Å². The summed E-state index contributed by atoms with van der Waals surface area (Å²) in [6.07, 6.45) is 0.853. The number of nitrogens with one attached hydrogen (secondary N) is 2. The summed E-state index contributed by atoms with van der Waals surface area (Å²) in [6, 6.07) is 12.7. The topological polar surface area (TPSA) is 58.2 Å². The Hall–Kier alpha value is -2.62. The smallest absolute Gasteiger partial charge is 0.255 e. The molecule has 0 bridgehead atoms. The first-order valence-corrected chi connectivity index (χ1v) is 8.70. The Bertz CT molecular complexity index is 749. The fourth-order valence-corrected chi connectivity index (χ4v) is 2.56. The van der Waals surface area contributed by atoms with E-state index in [0.717, 1.165) is 23.2 Å². The van der Waals surface area contributed by atoms with Crippen molar-refractivity contribution in [1.82, 2.24) is 5.32 Å². The van der Waals surface area contributed by atoms with Gasteiger partial charge >= 0.3 is 0 Å². The van der Waals surface area contributed by atoms with E-state index in [4.69, 9.17) is 0 Å². The highest BCUT2D eigenvalue weighted by Crippen LogP contribution is 2.22. The monoisotopic (exact) mass is 338 g/mol. The Balaban J connectivity index is 2.10. The molecule has 4 heteroatoms. The number of hydrogen-bond donors (Lipinski definition) is 2. The number of benzene rings is 2. The Morgan fingerprint density at radius 2 is 1.56 bits per heavy atom. The summed E-state index contributed by atoms with van der Waals surface area (Å²) < 4.78 is 0. The molecule has 0 unspecified atom stereocenters. The Morgan fingerprint density at radius 3 is 2.12 bits per heavy atom. The molecular formula is C21H26N2O2. The van der Waals surface area contributed by atoms with E-state index in [2.05, 4.69) is 17.6 Å². The van der Waals surface area contributed by atoms with Crippen molar-refractivity contribution >= 4 is 17.5 Å². The van der Waals surface area contributed by atoms with Crippen LogP contribution in [0, 0.1) is 12.8 Å². The van der Waals surface area contributed by atoms with E-state index >= 15 is 0 Å². The molecule has 0 aliphatic carbocycles. The second-order valence-corrected chi connectivity index (χ2v) is 6.60. The second-order valence-electron chi connectivity index (χ2n) is 6.60. The van der Waals surface area contributed by atoms with Gasteiger partial charge in [-0.15, -0.1) is 0 Å². The summed E-state index contributed by atoms with van der Waals surface area (Å²) in [5, 5.41) is 5.87. The first kappa shape index (κ1) is 18.7. The molecule has 0 aromatic heterocycles. The highest BCUT2D eigenvalue weighted by atomic mass is 16.2. The minimum atomic E-state index is -0.168. The number of aryl methyl sites for hydroxylation is 2. The molecule has 0 fully saturated rings. The van der Waals surface area contributed by atoms with E-state index in [-0.39, 0.29) is 11.8 Å². The van der Waals surface area contributed by atoms with Gasteiger partial charge in [0, 0.05) is 23.4 Å². The molecule has 0 aliphatic rings. The molecule has 0 radical (unpaired) electrons. The number of carbonyl (C=O) groups is 2. The predicted molar refractivity (Wildman–Crippen MR) is 102 cm³/mol. The van der Waals surface area contributed by atoms with Crippen molar-refractivity contribution < 1.29 is 9.59 Å². The zero-order chi connectivity index (χ0) is 18.4. The Labute approximate surface area is 149 Å². The third-order valence-electron chi connectivity index (χ3n) is 4.06. The Morgan fingerprint density at radius 1 is 0.960 bits per heavy atom. The summed E-state index contributed by atoms with van der Waals surface area (Å²) in [5.41, 5.74) is 4.11. The molecule has 0 atom stereocenters. The lowest BCUT2D eigenvalue weighted by atomic mass is 10.0. The van der Waals surface area contributed by atoms with Crippen LogP contribution < -0.4 is 10.6 Å². The average molecular weight is 338 g/mol. The number of amides is 2. The van der Waals surface area contributed by atoms with E-state index < -0.39 is 0 Å². The molecule has 25 heavy (non-hydrogen) atoms. The number of rotatable bonds is 6. The Kier molecular flexibility index (Phi) is 6.34. The van der Waals surface area contributed by atoms with Crippen molar-refractivity contribution in [2.75, 3.05) is 11.9 Å². The van der Waals surface area contributed by atoms with Gasteiger partial charge in [0.1, 0.15) is 0 Å². The van der Waals surface area contributed by atoms with Crippen molar-refractivity contribution in [2.45, 2.75) is 34.1 Å². The molecular weight excluding hydrogens is 312 g/mol. The molecule has 2 aromatic carbocycles. The number of carbonyl (C=O) groups excluding carboxylic acids is 2. The van der Waals surface area contributed by atoms with Gasteiger partial charge in [-0.3, -0.25) is 9.59 Å². The van der Waals surface area contributed by atoms with Crippen molar-refractivity contribution in [3.8, 4) is 0 Å². The van der Waals surface area contributed by atoms with Crippen LogP contribution in [-0.4, -0.2) is 18.4 Å². The van der Waals surface area contributed by atoms with Gasteiger partial charge in [0.25, 0.3) is 11.8 Å². The first-order valence-electron chi connectivity index (χ1n) is 8.70. The molecule has 2 aromatic rings. The summed E-state index contributed by atoms with van der Waals surface area (Å²) in [4.78, 5) is 24.6. The standard InChI is InChI=1S/C21H26N2O2/c1-5-16-8-6-7-15(4)19(16)23-21(25)18-11-9-17(10-12-18)20(24)22-13-14(2)3/h6-12,14H,5,13H2,1-4H3,(H,22,24)(H,23,25).